The summed E-state index contributed by atoms with van der Waals surface area (Å²) in [5, 5.41) is 7.76. The van der Waals surface area contributed by atoms with Gasteiger partial charge in [0.2, 0.25) is 0 Å². The summed E-state index contributed by atoms with van der Waals surface area (Å²) in [6.07, 6.45) is 1.57. The Bertz CT molecular complexity index is 1300. The third-order valence-electron chi connectivity index (χ3n) is 5.38. The van der Waals surface area contributed by atoms with Gasteiger partial charge >= 0.3 is 5.97 Å². The van der Waals surface area contributed by atoms with Crippen LogP contribution < -0.4 is 4.90 Å². The van der Waals surface area contributed by atoms with E-state index in [9.17, 15) is 9.59 Å². The van der Waals surface area contributed by atoms with Crippen molar-refractivity contribution in [2.45, 2.75) is 13.0 Å². The van der Waals surface area contributed by atoms with Crippen LogP contribution in [-0.4, -0.2) is 28.7 Å². The smallest absolute Gasteiger partial charge is 0.338 e. The number of furan rings is 1. The van der Waals surface area contributed by atoms with Gasteiger partial charge in [-0.2, -0.15) is 5.10 Å². The van der Waals surface area contributed by atoms with Crippen LogP contribution in [0.3, 0.4) is 0 Å². The Hall–Kier alpha value is -3.84. The lowest BCUT2D eigenvalue weighted by molar-refractivity contribution is 0.0526. The summed E-state index contributed by atoms with van der Waals surface area (Å²) in [4.78, 5) is 27.1. The number of carbonyl (C=O) groups is 2. The second-order valence-electron chi connectivity index (χ2n) is 7.20. The number of halogens is 1. The van der Waals surface area contributed by atoms with Crippen molar-refractivity contribution in [3.05, 3.63) is 94.3 Å². The van der Waals surface area contributed by atoms with Crippen molar-refractivity contribution in [1.29, 1.82) is 0 Å². The Morgan fingerprint density at radius 3 is 2.62 bits per heavy atom. The van der Waals surface area contributed by atoms with Crippen LogP contribution in [0.4, 0.5) is 5.69 Å². The molecule has 3 heterocycles. The van der Waals surface area contributed by atoms with Crippen LogP contribution in [0.2, 0.25) is 5.02 Å². The van der Waals surface area contributed by atoms with Crippen LogP contribution in [0.25, 0.3) is 11.5 Å². The summed E-state index contributed by atoms with van der Waals surface area (Å²) < 4.78 is 10.6. The molecule has 1 amide bonds. The van der Waals surface area contributed by atoms with Gasteiger partial charge in [0, 0.05) is 16.3 Å². The molecule has 0 radical (unpaired) electrons. The van der Waals surface area contributed by atoms with Gasteiger partial charge in [-0.15, -0.1) is 0 Å². The van der Waals surface area contributed by atoms with E-state index in [0.29, 0.717) is 39.0 Å². The van der Waals surface area contributed by atoms with E-state index in [1.54, 1.807) is 60.6 Å². The lowest BCUT2D eigenvalue weighted by Gasteiger charge is -2.27. The molecule has 1 aliphatic heterocycles. The molecule has 8 heteroatoms. The molecule has 160 valence electrons. The standard InChI is InChI=1S/C24H18ClN3O4/c1-2-31-24(30)14-9-11-15(12-10-14)28-22(16-6-3-4-7-17(16)25)19-20(18-8-5-13-32-18)26-27-21(19)23(28)29/h3-13,22H,2H2,1H3,(H,26,27)/t22-/m0/s1. The van der Waals surface area contributed by atoms with Gasteiger partial charge < -0.3 is 9.15 Å². The molecule has 2 aromatic heterocycles. The maximum atomic E-state index is 13.5. The van der Waals surface area contributed by atoms with E-state index in [1.807, 2.05) is 18.2 Å². The third kappa shape index (κ3) is 3.18. The van der Waals surface area contributed by atoms with Crippen LogP contribution in [0, 0.1) is 0 Å². The third-order valence-corrected chi connectivity index (χ3v) is 5.73. The van der Waals surface area contributed by atoms with Crippen LogP contribution in [0.15, 0.2) is 71.3 Å². The monoisotopic (exact) mass is 447 g/mol. The molecular weight excluding hydrogens is 430 g/mol. The highest BCUT2D eigenvalue weighted by molar-refractivity contribution is 6.31. The van der Waals surface area contributed by atoms with E-state index in [4.69, 9.17) is 20.8 Å². The first-order chi connectivity index (χ1) is 15.6. The van der Waals surface area contributed by atoms with Crippen molar-refractivity contribution in [1.82, 2.24) is 10.2 Å². The maximum Gasteiger partial charge on any atom is 0.338 e. The molecule has 0 aliphatic carbocycles. The first-order valence-electron chi connectivity index (χ1n) is 10.1. The minimum Gasteiger partial charge on any atom is -0.463 e. The Kier molecular flexibility index (Phi) is 5.03. The number of carbonyl (C=O) groups excluding carboxylic acids is 2. The van der Waals surface area contributed by atoms with E-state index >= 15 is 0 Å². The number of hydrogen-bond donors (Lipinski definition) is 1. The van der Waals surface area contributed by atoms with Gasteiger partial charge in [-0.1, -0.05) is 29.8 Å². The molecule has 2 aromatic carbocycles. The fourth-order valence-corrected chi connectivity index (χ4v) is 4.22. The Morgan fingerprint density at radius 1 is 1.16 bits per heavy atom. The van der Waals surface area contributed by atoms with Crippen LogP contribution in [-0.2, 0) is 4.74 Å². The van der Waals surface area contributed by atoms with Gasteiger partial charge in [0.05, 0.1) is 24.5 Å². The zero-order valence-corrected chi connectivity index (χ0v) is 17.8. The highest BCUT2D eigenvalue weighted by atomic mass is 35.5. The van der Waals surface area contributed by atoms with Crippen LogP contribution in [0.1, 0.15) is 44.9 Å². The highest BCUT2D eigenvalue weighted by Crippen LogP contribution is 2.46. The Labute approximate surface area is 188 Å². The van der Waals surface area contributed by atoms with Gasteiger partial charge in [-0.05, 0) is 55.0 Å². The first kappa shape index (κ1) is 20.1. The summed E-state index contributed by atoms with van der Waals surface area (Å²) in [7, 11) is 0. The molecule has 1 aliphatic rings. The zero-order valence-electron chi connectivity index (χ0n) is 17.0. The molecule has 0 saturated carbocycles. The molecule has 4 aromatic rings. The van der Waals surface area contributed by atoms with Gasteiger partial charge in [0.25, 0.3) is 5.91 Å². The molecule has 1 N–H and O–H groups in total. The molecule has 32 heavy (non-hydrogen) atoms. The average molecular weight is 448 g/mol. The quantitative estimate of drug-likeness (QED) is 0.422. The first-order valence-corrected chi connectivity index (χ1v) is 10.4. The predicted molar refractivity (Wildman–Crippen MR) is 119 cm³/mol. The van der Waals surface area contributed by atoms with Gasteiger partial charge in [0.1, 0.15) is 5.69 Å². The number of amides is 1. The summed E-state index contributed by atoms with van der Waals surface area (Å²) in [6, 6.07) is 17.1. The second-order valence-corrected chi connectivity index (χ2v) is 7.61. The number of hydrogen-bond acceptors (Lipinski definition) is 5. The van der Waals surface area contributed by atoms with Crippen LogP contribution >= 0.6 is 11.6 Å². The lowest BCUT2D eigenvalue weighted by Crippen LogP contribution is -2.29. The van der Waals surface area contributed by atoms with E-state index in [2.05, 4.69) is 10.2 Å². The maximum absolute atomic E-state index is 13.5. The van der Waals surface area contributed by atoms with Crippen molar-refractivity contribution in [3.8, 4) is 11.5 Å². The minimum absolute atomic E-state index is 0.275. The number of rotatable bonds is 5. The number of aromatic amines is 1. The van der Waals surface area contributed by atoms with E-state index in [1.165, 1.54) is 0 Å². The molecule has 7 nitrogen and oxygen atoms in total. The SMILES string of the molecule is CCOC(=O)c1ccc(N2C(=O)c3n[nH]c(-c4ccco4)c3[C@@H]2c2ccccc2Cl)cc1. The molecule has 0 unspecified atom stereocenters. The van der Waals surface area contributed by atoms with Crippen molar-refractivity contribution >= 4 is 29.2 Å². The molecule has 1 atom stereocenters. The number of esters is 1. The van der Waals surface area contributed by atoms with Gasteiger partial charge in [-0.3, -0.25) is 14.8 Å². The van der Waals surface area contributed by atoms with Crippen molar-refractivity contribution in [3.63, 3.8) is 0 Å². The number of H-pyrrole nitrogens is 1. The average Bonchev–Trinajstić information content (AvgIpc) is 3.52. The second kappa shape index (κ2) is 8.01. The number of benzene rings is 2. The number of ether oxygens (including phenoxy) is 1. The molecule has 5 rings (SSSR count). The molecular formula is C24H18ClN3O4. The summed E-state index contributed by atoms with van der Waals surface area (Å²) >= 11 is 6.56. The van der Waals surface area contributed by atoms with Crippen molar-refractivity contribution in [2.24, 2.45) is 0 Å². The Morgan fingerprint density at radius 2 is 1.94 bits per heavy atom. The largest absolute Gasteiger partial charge is 0.463 e. The summed E-state index contributed by atoms with van der Waals surface area (Å²) in [5.41, 5.74) is 3.38. The Balaban J connectivity index is 1.65. The zero-order chi connectivity index (χ0) is 22.2. The van der Waals surface area contributed by atoms with Gasteiger partial charge in [-0.25, -0.2) is 4.79 Å². The number of fused-ring (bicyclic) bond motifs is 1. The molecule has 0 bridgehead atoms. The predicted octanol–water partition coefficient (Wildman–Crippen LogP) is 5.25. The van der Waals surface area contributed by atoms with E-state index < -0.39 is 12.0 Å². The van der Waals surface area contributed by atoms with Crippen LogP contribution in [0.5, 0.6) is 0 Å². The molecule has 0 spiro atoms. The number of nitrogens with zero attached hydrogens (tertiary/aromatic N) is 2. The fourth-order valence-electron chi connectivity index (χ4n) is 3.98. The summed E-state index contributed by atoms with van der Waals surface area (Å²) in [6.45, 7) is 2.04. The summed E-state index contributed by atoms with van der Waals surface area (Å²) in [5.74, 6) is -0.117. The highest BCUT2D eigenvalue weighted by Gasteiger charge is 2.44. The van der Waals surface area contributed by atoms with E-state index in [0.717, 1.165) is 5.56 Å². The molecule has 0 fully saturated rings. The van der Waals surface area contributed by atoms with Crippen molar-refractivity contribution < 1.29 is 18.7 Å². The number of anilines is 1. The van der Waals surface area contributed by atoms with Gasteiger partial charge in [0.15, 0.2) is 11.5 Å². The minimum atomic E-state index is -0.529. The number of nitrogens with one attached hydrogen (secondary N) is 1. The topological polar surface area (TPSA) is 88.4 Å². The lowest BCUT2D eigenvalue weighted by atomic mass is 9.97. The molecule has 0 saturated heterocycles. The van der Waals surface area contributed by atoms with Crippen molar-refractivity contribution in [2.75, 3.05) is 11.5 Å². The number of aromatic nitrogens is 2. The normalized spacial score (nSPS) is 15.1. The van der Waals surface area contributed by atoms with E-state index in [-0.39, 0.29) is 12.5 Å². The fraction of sp³-hybridized carbons (Fsp3) is 0.125.